The van der Waals surface area contributed by atoms with Gasteiger partial charge in [0.2, 0.25) is 0 Å². The second-order valence-electron chi connectivity index (χ2n) is 4.91. The van der Waals surface area contributed by atoms with Crippen molar-refractivity contribution >= 4 is 11.6 Å². The molecule has 0 spiro atoms. The highest BCUT2D eigenvalue weighted by Crippen LogP contribution is 2.26. The van der Waals surface area contributed by atoms with E-state index in [9.17, 15) is 0 Å². The molecule has 1 aromatic rings. The van der Waals surface area contributed by atoms with E-state index in [1.165, 1.54) is 12.8 Å². The van der Waals surface area contributed by atoms with Gasteiger partial charge in [-0.3, -0.25) is 4.90 Å². The van der Waals surface area contributed by atoms with Crippen LogP contribution < -0.4 is 10.5 Å². The lowest BCUT2D eigenvalue weighted by atomic mass is 9.97. The zero-order chi connectivity index (χ0) is 13.0. The van der Waals surface area contributed by atoms with E-state index in [1.54, 1.807) is 7.11 Å². The third-order valence-corrected chi connectivity index (χ3v) is 3.91. The van der Waals surface area contributed by atoms with Gasteiger partial charge in [-0.2, -0.15) is 0 Å². The summed E-state index contributed by atoms with van der Waals surface area (Å²) in [5.41, 5.74) is 6.87. The minimum Gasteiger partial charge on any atom is -0.496 e. The first-order chi connectivity index (χ1) is 8.72. The number of benzene rings is 1. The minimum absolute atomic E-state index is 0.697. The molecular weight excluding hydrogens is 248 g/mol. The van der Waals surface area contributed by atoms with Crippen LogP contribution in [0.5, 0.6) is 5.75 Å². The van der Waals surface area contributed by atoms with Crippen molar-refractivity contribution in [2.75, 3.05) is 26.7 Å². The van der Waals surface area contributed by atoms with Crippen LogP contribution in [0.4, 0.5) is 0 Å². The van der Waals surface area contributed by atoms with Crippen molar-refractivity contribution in [1.82, 2.24) is 4.90 Å². The third kappa shape index (κ3) is 3.37. The second kappa shape index (κ2) is 6.41. The van der Waals surface area contributed by atoms with Crippen LogP contribution in [0.25, 0.3) is 0 Å². The first kappa shape index (κ1) is 13.7. The van der Waals surface area contributed by atoms with Gasteiger partial charge in [0.05, 0.1) is 7.11 Å². The molecule has 4 heteroatoms. The Morgan fingerprint density at radius 1 is 1.39 bits per heavy atom. The molecule has 1 saturated heterocycles. The van der Waals surface area contributed by atoms with Gasteiger partial charge in [0.15, 0.2) is 0 Å². The van der Waals surface area contributed by atoms with Crippen LogP contribution in [-0.4, -0.2) is 31.6 Å². The first-order valence-corrected chi connectivity index (χ1v) is 6.85. The first-order valence-electron chi connectivity index (χ1n) is 6.47. The number of rotatable bonds is 4. The molecule has 1 aromatic carbocycles. The van der Waals surface area contributed by atoms with E-state index in [1.807, 2.05) is 18.2 Å². The van der Waals surface area contributed by atoms with Crippen molar-refractivity contribution in [2.24, 2.45) is 11.7 Å². The van der Waals surface area contributed by atoms with Crippen molar-refractivity contribution in [1.29, 1.82) is 0 Å². The van der Waals surface area contributed by atoms with Crippen LogP contribution in [0.2, 0.25) is 5.02 Å². The molecule has 18 heavy (non-hydrogen) atoms. The molecule has 3 nitrogen and oxygen atoms in total. The highest BCUT2D eigenvalue weighted by Gasteiger charge is 2.19. The Labute approximate surface area is 114 Å². The Balaban J connectivity index is 1.99. The number of hydrogen-bond donors (Lipinski definition) is 1. The largest absolute Gasteiger partial charge is 0.496 e. The van der Waals surface area contributed by atoms with Gasteiger partial charge in [-0.05, 0) is 56.6 Å². The molecule has 1 heterocycles. The van der Waals surface area contributed by atoms with Crippen LogP contribution in [0.1, 0.15) is 18.4 Å². The van der Waals surface area contributed by atoms with Gasteiger partial charge in [-0.15, -0.1) is 0 Å². The number of ether oxygens (including phenoxy) is 1. The van der Waals surface area contributed by atoms with Crippen molar-refractivity contribution in [3.05, 3.63) is 28.8 Å². The number of nitrogens with two attached hydrogens (primary N) is 1. The predicted octanol–water partition coefficient (Wildman–Crippen LogP) is 2.52. The van der Waals surface area contributed by atoms with Gasteiger partial charge >= 0.3 is 0 Å². The third-order valence-electron chi connectivity index (χ3n) is 3.68. The molecule has 100 valence electrons. The van der Waals surface area contributed by atoms with Crippen LogP contribution in [0.3, 0.4) is 0 Å². The summed E-state index contributed by atoms with van der Waals surface area (Å²) in [6.07, 6.45) is 2.39. The Morgan fingerprint density at radius 2 is 2.11 bits per heavy atom. The van der Waals surface area contributed by atoms with E-state index in [0.717, 1.165) is 42.5 Å². The quantitative estimate of drug-likeness (QED) is 0.912. The highest BCUT2D eigenvalue weighted by atomic mass is 35.5. The van der Waals surface area contributed by atoms with Gasteiger partial charge in [-0.1, -0.05) is 11.6 Å². The van der Waals surface area contributed by atoms with Crippen LogP contribution in [0, 0.1) is 5.92 Å². The lowest BCUT2D eigenvalue weighted by Crippen LogP contribution is -2.35. The van der Waals surface area contributed by atoms with Crippen molar-refractivity contribution < 1.29 is 4.74 Å². The van der Waals surface area contributed by atoms with Crippen LogP contribution in [0.15, 0.2) is 18.2 Å². The molecule has 0 unspecified atom stereocenters. The lowest BCUT2D eigenvalue weighted by Gasteiger charge is -2.31. The summed E-state index contributed by atoms with van der Waals surface area (Å²) in [7, 11) is 1.70. The zero-order valence-corrected chi connectivity index (χ0v) is 11.6. The monoisotopic (exact) mass is 268 g/mol. The summed E-state index contributed by atoms with van der Waals surface area (Å²) < 4.78 is 5.38. The smallest absolute Gasteiger partial charge is 0.123 e. The van der Waals surface area contributed by atoms with E-state index in [2.05, 4.69) is 4.90 Å². The molecule has 1 aliphatic rings. The van der Waals surface area contributed by atoms with Crippen LogP contribution in [-0.2, 0) is 6.54 Å². The van der Waals surface area contributed by atoms with E-state index in [0.29, 0.717) is 5.92 Å². The topological polar surface area (TPSA) is 38.5 Å². The maximum Gasteiger partial charge on any atom is 0.123 e. The van der Waals surface area contributed by atoms with Crippen molar-refractivity contribution in [2.45, 2.75) is 19.4 Å². The average molecular weight is 269 g/mol. The molecule has 0 aromatic heterocycles. The Morgan fingerprint density at radius 3 is 2.72 bits per heavy atom. The number of methoxy groups -OCH3 is 1. The van der Waals surface area contributed by atoms with E-state index < -0.39 is 0 Å². The fraction of sp³-hybridized carbons (Fsp3) is 0.571. The minimum atomic E-state index is 0.697. The molecule has 0 aliphatic carbocycles. The summed E-state index contributed by atoms with van der Waals surface area (Å²) in [4.78, 5) is 2.44. The molecule has 1 aliphatic heterocycles. The fourth-order valence-electron chi connectivity index (χ4n) is 2.49. The fourth-order valence-corrected chi connectivity index (χ4v) is 2.69. The lowest BCUT2D eigenvalue weighted by molar-refractivity contribution is 0.179. The summed E-state index contributed by atoms with van der Waals surface area (Å²) >= 11 is 6.05. The van der Waals surface area contributed by atoms with Gasteiger partial charge in [0, 0.05) is 17.1 Å². The molecule has 0 amide bonds. The van der Waals surface area contributed by atoms with Gasteiger partial charge < -0.3 is 10.5 Å². The summed E-state index contributed by atoms with van der Waals surface area (Å²) in [5.74, 6) is 1.61. The standard InChI is InChI=1S/C14H21ClN2O/c1-18-14-3-2-13(15)8-12(14)10-17-6-4-11(9-16)5-7-17/h2-3,8,11H,4-7,9-10,16H2,1H3. The number of hydrogen-bond acceptors (Lipinski definition) is 3. The SMILES string of the molecule is COc1ccc(Cl)cc1CN1CCC(CN)CC1. The van der Waals surface area contributed by atoms with Crippen molar-refractivity contribution in [3.63, 3.8) is 0 Å². The number of piperidine rings is 1. The van der Waals surface area contributed by atoms with Crippen LogP contribution >= 0.6 is 11.6 Å². The molecule has 0 bridgehead atoms. The average Bonchev–Trinajstić information content (AvgIpc) is 2.40. The predicted molar refractivity (Wildman–Crippen MR) is 75.1 cm³/mol. The maximum atomic E-state index is 6.05. The molecule has 2 N–H and O–H groups in total. The number of likely N-dealkylation sites (tertiary alicyclic amines) is 1. The van der Waals surface area contributed by atoms with E-state index in [4.69, 9.17) is 22.1 Å². The van der Waals surface area contributed by atoms with Gasteiger partial charge in [0.1, 0.15) is 5.75 Å². The highest BCUT2D eigenvalue weighted by molar-refractivity contribution is 6.30. The van der Waals surface area contributed by atoms with E-state index >= 15 is 0 Å². The molecule has 2 rings (SSSR count). The molecule has 1 fully saturated rings. The molecule has 0 saturated carbocycles. The summed E-state index contributed by atoms with van der Waals surface area (Å²) in [6.45, 7) is 3.93. The Kier molecular flexibility index (Phi) is 4.87. The van der Waals surface area contributed by atoms with Gasteiger partial charge in [0.25, 0.3) is 0 Å². The van der Waals surface area contributed by atoms with Crippen molar-refractivity contribution in [3.8, 4) is 5.75 Å². The van der Waals surface area contributed by atoms with E-state index in [-0.39, 0.29) is 0 Å². The summed E-state index contributed by atoms with van der Waals surface area (Å²) in [6, 6.07) is 5.80. The maximum absolute atomic E-state index is 6.05. The Bertz CT molecular complexity index is 389. The Hall–Kier alpha value is -0.770. The zero-order valence-electron chi connectivity index (χ0n) is 10.9. The van der Waals surface area contributed by atoms with Gasteiger partial charge in [-0.25, -0.2) is 0 Å². The molecule has 0 radical (unpaired) electrons. The number of halogens is 1. The molecule has 0 atom stereocenters. The summed E-state index contributed by atoms with van der Waals surface area (Å²) in [5, 5.41) is 0.766. The molecular formula is C14H21ClN2O. The second-order valence-corrected chi connectivity index (χ2v) is 5.35. The normalized spacial score (nSPS) is 17.9. The number of nitrogens with zero attached hydrogens (tertiary/aromatic N) is 1.